The van der Waals surface area contributed by atoms with E-state index in [1.807, 2.05) is 0 Å². The lowest BCUT2D eigenvalue weighted by Gasteiger charge is -2.16. The lowest BCUT2D eigenvalue weighted by atomic mass is 10.1. The molecule has 4 nitrogen and oxygen atoms in total. The van der Waals surface area contributed by atoms with Crippen LogP contribution < -0.4 is 10.6 Å². The van der Waals surface area contributed by atoms with Crippen LogP contribution in [-0.4, -0.2) is 38.8 Å². The van der Waals surface area contributed by atoms with E-state index in [1.165, 1.54) is 0 Å². The topological polar surface area (TPSA) is 50.4 Å². The fraction of sp³-hybridized carbons (Fsp3) is 0.909. The van der Waals surface area contributed by atoms with Crippen molar-refractivity contribution < 1.29 is 9.53 Å². The number of carbonyl (C=O) groups is 1. The molecule has 0 heterocycles. The predicted octanol–water partition coefficient (Wildman–Crippen LogP) is 0.917. The van der Waals surface area contributed by atoms with Gasteiger partial charge in [0.15, 0.2) is 0 Å². The van der Waals surface area contributed by atoms with Crippen LogP contribution in [0.25, 0.3) is 0 Å². The van der Waals surface area contributed by atoms with Crippen molar-refractivity contribution in [2.75, 3.05) is 26.8 Å². The first-order valence-electron chi connectivity index (χ1n) is 5.73. The van der Waals surface area contributed by atoms with Crippen molar-refractivity contribution in [1.29, 1.82) is 0 Å². The molecule has 0 radical (unpaired) electrons. The molecule has 0 aliphatic heterocycles. The third-order valence-corrected chi connectivity index (χ3v) is 2.26. The van der Waals surface area contributed by atoms with Gasteiger partial charge in [0.1, 0.15) is 0 Å². The second-order valence-electron chi connectivity index (χ2n) is 3.63. The van der Waals surface area contributed by atoms with Gasteiger partial charge in [-0.15, -0.1) is 0 Å². The summed E-state index contributed by atoms with van der Waals surface area (Å²) >= 11 is 0. The zero-order valence-corrected chi connectivity index (χ0v) is 10.1. The molecule has 1 atom stereocenters. The van der Waals surface area contributed by atoms with Crippen LogP contribution in [0.15, 0.2) is 0 Å². The van der Waals surface area contributed by atoms with Crippen molar-refractivity contribution in [1.82, 2.24) is 10.6 Å². The zero-order valence-electron chi connectivity index (χ0n) is 10.1. The van der Waals surface area contributed by atoms with Crippen LogP contribution in [0.5, 0.6) is 0 Å². The average Bonchev–Trinajstić information content (AvgIpc) is 2.24. The highest BCUT2D eigenvalue weighted by Gasteiger charge is 2.08. The maximum atomic E-state index is 11.4. The number of amides is 1. The van der Waals surface area contributed by atoms with Crippen LogP contribution in [0, 0.1) is 0 Å². The Labute approximate surface area is 92.8 Å². The Hall–Kier alpha value is -0.610. The molecule has 4 heteroatoms. The Balaban J connectivity index is 3.52. The fourth-order valence-corrected chi connectivity index (χ4v) is 1.38. The Bertz CT molecular complexity index is 163. The van der Waals surface area contributed by atoms with Gasteiger partial charge in [0.05, 0.1) is 13.2 Å². The first-order chi connectivity index (χ1) is 7.24. The molecule has 0 aromatic rings. The Morgan fingerprint density at radius 2 is 2.13 bits per heavy atom. The summed E-state index contributed by atoms with van der Waals surface area (Å²) < 4.78 is 4.87. The standard InChI is InChI=1S/C11H24N2O2/c1-4-6-10(5-2)13-11(14)9-12-7-8-15-3/h10,12H,4-9H2,1-3H3,(H,13,14). The SMILES string of the molecule is CCCC(CC)NC(=O)CNCCOC. The van der Waals surface area contributed by atoms with Gasteiger partial charge < -0.3 is 15.4 Å². The molecule has 0 rings (SSSR count). The van der Waals surface area contributed by atoms with Gasteiger partial charge in [-0.05, 0) is 12.8 Å². The minimum absolute atomic E-state index is 0.0754. The maximum absolute atomic E-state index is 11.4. The maximum Gasteiger partial charge on any atom is 0.234 e. The first kappa shape index (κ1) is 14.4. The quantitative estimate of drug-likeness (QED) is 0.563. The van der Waals surface area contributed by atoms with Crippen molar-refractivity contribution in [3.63, 3.8) is 0 Å². The number of hydrogen-bond donors (Lipinski definition) is 2. The van der Waals surface area contributed by atoms with Crippen LogP contribution in [-0.2, 0) is 9.53 Å². The second kappa shape index (κ2) is 9.93. The van der Waals surface area contributed by atoms with E-state index in [0.717, 1.165) is 19.3 Å². The van der Waals surface area contributed by atoms with E-state index in [0.29, 0.717) is 25.7 Å². The molecular weight excluding hydrogens is 192 g/mol. The number of carbonyl (C=O) groups excluding carboxylic acids is 1. The van der Waals surface area contributed by atoms with E-state index in [1.54, 1.807) is 7.11 Å². The van der Waals surface area contributed by atoms with Crippen molar-refractivity contribution in [3.05, 3.63) is 0 Å². The summed E-state index contributed by atoms with van der Waals surface area (Å²) in [6, 6.07) is 0.326. The summed E-state index contributed by atoms with van der Waals surface area (Å²) in [4.78, 5) is 11.4. The van der Waals surface area contributed by atoms with Crippen molar-refractivity contribution in [2.45, 2.75) is 39.2 Å². The molecule has 15 heavy (non-hydrogen) atoms. The van der Waals surface area contributed by atoms with Gasteiger partial charge in [-0.1, -0.05) is 20.3 Å². The molecule has 90 valence electrons. The van der Waals surface area contributed by atoms with Crippen molar-refractivity contribution in [3.8, 4) is 0 Å². The van der Waals surface area contributed by atoms with Gasteiger partial charge in [-0.3, -0.25) is 4.79 Å². The summed E-state index contributed by atoms with van der Waals surface area (Å²) in [6.07, 6.45) is 3.16. The predicted molar refractivity (Wildman–Crippen MR) is 61.9 cm³/mol. The molecule has 1 unspecified atom stereocenters. The van der Waals surface area contributed by atoms with E-state index in [-0.39, 0.29) is 5.91 Å². The highest BCUT2D eigenvalue weighted by atomic mass is 16.5. The van der Waals surface area contributed by atoms with Crippen molar-refractivity contribution >= 4 is 5.91 Å². The summed E-state index contributed by atoms with van der Waals surface area (Å²) in [5.74, 6) is 0.0754. The van der Waals surface area contributed by atoms with Crippen molar-refractivity contribution in [2.24, 2.45) is 0 Å². The number of hydrogen-bond acceptors (Lipinski definition) is 3. The number of nitrogens with one attached hydrogen (secondary N) is 2. The molecule has 0 fully saturated rings. The second-order valence-corrected chi connectivity index (χ2v) is 3.63. The van der Waals surface area contributed by atoms with Crippen LogP contribution in [0.4, 0.5) is 0 Å². The van der Waals surface area contributed by atoms with Gasteiger partial charge in [-0.25, -0.2) is 0 Å². The van der Waals surface area contributed by atoms with E-state index in [2.05, 4.69) is 24.5 Å². The smallest absolute Gasteiger partial charge is 0.234 e. The molecule has 2 N–H and O–H groups in total. The van der Waals surface area contributed by atoms with Crippen LogP contribution >= 0.6 is 0 Å². The van der Waals surface area contributed by atoms with E-state index in [4.69, 9.17) is 4.74 Å². The molecule has 0 aliphatic carbocycles. The minimum Gasteiger partial charge on any atom is -0.383 e. The van der Waals surface area contributed by atoms with Crippen LogP contribution in [0.3, 0.4) is 0 Å². The monoisotopic (exact) mass is 216 g/mol. The molecule has 0 aromatic carbocycles. The lowest BCUT2D eigenvalue weighted by Crippen LogP contribution is -2.40. The number of ether oxygens (including phenoxy) is 1. The number of methoxy groups -OCH3 is 1. The third-order valence-electron chi connectivity index (χ3n) is 2.26. The Morgan fingerprint density at radius 1 is 1.40 bits per heavy atom. The highest BCUT2D eigenvalue weighted by Crippen LogP contribution is 1.99. The Morgan fingerprint density at radius 3 is 2.67 bits per heavy atom. The van der Waals surface area contributed by atoms with Crippen LogP contribution in [0.2, 0.25) is 0 Å². The molecule has 0 spiro atoms. The zero-order chi connectivity index (χ0) is 11.5. The third kappa shape index (κ3) is 8.39. The van der Waals surface area contributed by atoms with Gasteiger partial charge >= 0.3 is 0 Å². The molecule has 0 saturated heterocycles. The van der Waals surface area contributed by atoms with Gasteiger partial charge in [0.2, 0.25) is 5.91 Å². The van der Waals surface area contributed by atoms with Gasteiger partial charge in [0, 0.05) is 19.7 Å². The summed E-state index contributed by atoms with van der Waals surface area (Å²) in [5.41, 5.74) is 0. The first-order valence-corrected chi connectivity index (χ1v) is 5.73. The number of rotatable bonds is 9. The average molecular weight is 216 g/mol. The molecular formula is C11H24N2O2. The normalized spacial score (nSPS) is 12.5. The molecule has 0 saturated carbocycles. The van der Waals surface area contributed by atoms with Crippen LogP contribution in [0.1, 0.15) is 33.1 Å². The molecule has 0 bridgehead atoms. The van der Waals surface area contributed by atoms with E-state index in [9.17, 15) is 4.79 Å². The summed E-state index contributed by atoms with van der Waals surface area (Å²) in [5, 5.41) is 6.02. The highest BCUT2D eigenvalue weighted by molar-refractivity contribution is 5.78. The van der Waals surface area contributed by atoms with E-state index < -0.39 is 0 Å². The lowest BCUT2D eigenvalue weighted by molar-refractivity contribution is -0.121. The van der Waals surface area contributed by atoms with Gasteiger partial charge in [0.25, 0.3) is 0 Å². The molecule has 0 aliphatic rings. The minimum atomic E-state index is 0.0754. The Kier molecular flexibility index (Phi) is 9.52. The largest absolute Gasteiger partial charge is 0.383 e. The van der Waals surface area contributed by atoms with Gasteiger partial charge in [-0.2, -0.15) is 0 Å². The van der Waals surface area contributed by atoms with E-state index >= 15 is 0 Å². The summed E-state index contributed by atoms with van der Waals surface area (Å²) in [6.45, 7) is 5.96. The molecule has 0 aromatic heterocycles. The fourth-order valence-electron chi connectivity index (χ4n) is 1.38. The summed E-state index contributed by atoms with van der Waals surface area (Å²) in [7, 11) is 1.65. The molecule has 1 amide bonds.